The van der Waals surface area contributed by atoms with E-state index in [1.54, 1.807) is 0 Å². The van der Waals surface area contributed by atoms with Crippen molar-refractivity contribution in [2.45, 2.75) is 39.2 Å². The number of aryl methyl sites for hydroxylation is 1. The maximum atomic E-state index is 4.52. The molecule has 0 amide bonds. The normalized spacial score (nSPS) is 15.7. The molecule has 27 heavy (non-hydrogen) atoms. The van der Waals surface area contributed by atoms with E-state index in [9.17, 15) is 0 Å². The molecule has 1 aliphatic rings. The van der Waals surface area contributed by atoms with Crippen molar-refractivity contribution < 1.29 is 0 Å². The number of anilines is 1. The second-order valence-corrected chi connectivity index (χ2v) is 7.33. The van der Waals surface area contributed by atoms with Crippen molar-refractivity contribution >= 4 is 11.8 Å². The quantitative estimate of drug-likeness (QED) is 0.608. The third-order valence-electron chi connectivity index (χ3n) is 5.15. The summed E-state index contributed by atoms with van der Waals surface area (Å²) in [6.45, 7) is 8.16. The molecular formula is C22H31N5. The van der Waals surface area contributed by atoms with Crippen molar-refractivity contribution in [1.82, 2.24) is 15.6 Å². The highest BCUT2D eigenvalue weighted by molar-refractivity contribution is 5.79. The van der Waals surface area contributed by atoms with E-state index in [1.807, 2.05) is 13.2 Å². The lowest BCUT2D eigenvalue weighted by Crippen LogP contribution is -2.38. The van der Waals surface area contributed by atoms with Gasteiger partial charge in [0, 0.05) is 39.4 Å². The van der Waals surface area contributed by atoms with Gasteiger partial charge in [-0.05, 0) is 48.9 Å². The SMILES string of the molecule is CN=C(NCc1ccnc(N2CCCC2)c1)NCC(C)c1ccc(C)cc1. The Morgan fingerprint density at radius 2 is 1.89 bits per heavy atom. The van der Waals surface area contributed by atoms with Crippen molar-refractivity contribution in [1.29, 1.82) is 0 Å². The van der Waals surface area contributed by atoms with Gasteiger partial charge in [0.2, 0.25) is 0 Å². The van der Waals surface area contributed by atoms with E-state index < -0.39 is 0 Å². The molecule has 1 saturated heterocycles. The summed E-state index contributed by atoms with van der Waals surface area (Å²) < 4.78 is 0. The van der Waals surface area contributed by atoms with E-state index in [0.717, 1.165) is 38.0 Å². The van der Waals surface area contributed by atoms with E-state index in [-0.39, 0.29) is 0 Å². The zero-order valence-corrected chi connectivity index (χ0v) is 16.7. The van der Waals surface area contributed by atoms with Crippen molar-refractivity contribution in [3.8, 4) is 0 Å². The molecule has 2 aromatic rings. The van der Waals surface area contributed by atoms with Crippen LogP contribution in [0.4, 0.5) is 5.82 Å². The zero-order chi connectivity index (χ0) is 19.1. The van der Waals surface area contributed by atoms with Crippen LogP contribution in [0.5, 0.6) is 0 Å². The molecule has 1 aromatic heterocycles. The number of hydrogen-bond donors (Lipinski definition) is 2. The van der Waals surface area contributed by atoms with Gasteiger partial charge in [-0.15, -0.1) is 0 Å². The summed E-state index contributed by atoms with van der Waals surface area (Å²) in [6, 6.07) is 13.0. The maximum absolute atomic E-state index is 4.52. The third kappa shape index (κ3) is 5.46. The van der Waals surface area contributed by atoms with Crippen molar-refractivity contribution in [3.05, 3.63) is 59.3 Å². The minimum atomic E-state index is 0.423. The molecule has 1 unspecified atom stereocenters. The highest BCUT2D eigenvalue weighted by Gasteiger charge is 2.13. The predicted octanol–water partition coefficient (Wildman–Crippen LogP) is 3.46. The smallest absolute Gasteiger partial charge is 0.191 e. The van der Waals surface area contributed by atoms with Gasteiger partial charge in [-0.25, -0.2) is 4.98 Å². The summed E-state index contributed by atoms with van der Waals surface area (Å²) in [5.74, 6) is 2.34. The summed E-state index contributed by atoms with van der Waals surface area (Å²) in [4.78, 5) is 11.2. The van der Waals surface area contributed by atoms with Crippen LogP contribution in [-0.2, 0) is 6.54 Å². The summed E-state index contributed by atoms with van der Waals surface area (Å²) in [7, 11) is 1.81. The Hall–Kier alpha value is -2.56. The molecule has 5 heteroatoms. The Balaban J connectivity index is 1.50. The maximum Gasteiger partial charge on any atom is 0.191 e. The zero-order valence-electron chi connectivity index (χ0n) is 16.7. The lowest BCUT2D eigenvalue weighted by atomic mass is 10.0. The molecule has 0 aliphatic carbocycles. The second-order valence-electron chi connectivity index (χ2n) is 7.33. The molecule has 1 aromatic carbocycles. The molecular weight excluding hydrogens is 334 g/mol. The van der Waals surface area contributed by atoms with Crippen LogP contribution in [-0.4, -0.2) is 37.6 Å². The van der Waals surface area contributed by atoms with Gasteiger partial charge in [0.1, 0.15) is 5.82 Å². The number of aliphatic imine (C=N–C) groups is 1. The molecule has 144 valence electrons. The molecule has 5 nitrogen and oxygen atoms in total. The van der Waals surface area contributed by atoms with Crippen molar-refractivity contribution in [2.24, 2.45) is 4.99 Å². The van der Waals surface area contributed by atoms with Crippen LogP contribution in [0.25, 0.3) is 0 Å². The number of pyridine rings is 1. The van der Waals surface area contributed by atoms with Gasteiger partial charge in [-0.2, -0.15) is 0 Å². The molecule has 3 rings (SSSR count). The summed E-state index contributed by atoms with van der Waals surface area (Å²) in [5, 5.41) is 6.85. The lowest BCUT2D eigenvalue weighted by molar-refractivity contribution is 0.698. The Bertz CT molecular complexity index is 748. The first kappa shape index (κ1) is 19.2. The van der Waals surface area contributed by atoms with Crippen molar-refractivity contribution in [2.75, 3.05) is 31.6 Å². The van der Waals surface area contributed by atoms with Crippen LogP contribution in [0.1, 0.15) is 42.4 Å². The van der Waals surface area contributed by atoms with Gasteiger partial charge in [-0.3, -0.25) is 4.99 Å². The number of aromatic nitrogens is 1. The van der Waals surface area contributed by atoms with Crippen LogP contribution in [0, 0.1) is 6.92 Å². The number of nitrogens with one attached hydrogen (secondary N) is 2. The number of nitrogens with zero attached hydrogens (tertiary/aromatic N) is 3. The summed E-state index contributed by atoms with van der Waals surface area (Å²) in [6.07, 6.45) is 4.43. The van der Waals surface area contributed by atoms with Gasteiger partial charge in [0.15, 0.2) is 5.96 Å². The predicted molar refractivity (Wildman–Crippen MR) is 113 cm³/mol. The third-order valence-corrected chi connectivity index (χ3v) is 5.15. The minimum Gasteiger partial charge on any atom is -0.357 e. The molecule has 0 radical (unpaired) electrons. The van der Waals surface area contributed by atoms with Gasteiger partial charge in [-0.1, -0.05) is 36.8 Å². The molecule has 1 fully saturated rings. The van der Waals surface area contributed by atoms with Crippen LogP contribution in [0.2, 0.25) is 0 Å². The molecule has 1 atom stereocenters. The monoisotopic (exact) mass is 365 g/mol. The first-order chi connectivity index (χ1) is 13.2. The van der Waals surface area contributed by atoms with Crippen LogP contribution < -0.4 is 15.5 Å². The Labute approximate surface area is 162 Å². The Kier molecular flexibility index (Phi) is 6.69. The van der Waals surface area contributed by atoms with E-state index in [1.165, 1.54) is 29.5 Å². The fourth-order valence-electron chi connectivity index (χ4n) is 3.36. The van der Waals surface area contributed by atoms with Crippen LogP contribution >= 0.6 is 0 Å². The summed E-state index contributed by atoms with van der Waals surface area (Å²) >= 11 is 0. The second kappa shape index (κ2) is 9.40. The van der Waals surface area contributed by atoms with Crippen LogP contribution in [0.3, 0.4) is 0 Å². The molecule has 1 aliphatic heterocycles. The van der Waals surface area contributed by atoms with E-state index in [0.29, 0.717) is 5.92 Å². The molecule has 2 heterocycles. The van der Waals surface area contributed by atoms with E-state index >= 15 is 0 Å². The van der Waals surface area contributed by atoms with Crippen molar-refractivity contribution in [3.63, 3.8) is 0 Å². The lowest BCUT2D eigenvalue weighted by Gasteiger charge is -2.18. The Morgan fingerprint density at radius 3 is 2.59 bits per heavy atom. The van der Waals surface area contributed by atoms with E-state index in [4.69, 9.17) is 0 Å². The van der Waals surface area contributed by atoms with E-state index in [2.05, 4.69) is 75.8 Å². The fourth-order valence-corrected chi connectivity index (χ4v) is 3.36. The topological polar surface area (TPSA) is 52.6 Å². The minimum absolute atomic E-state index is 0.423. The number of guanidine groups is 1. The average molecular weight is 366 g/mol. The number of rotatable bonds is 6. The first-order valence-corrected chi connectivity index (χ1v) is 9.86. The highest BCUT2D eigenvalue weighted by Crippen LogP contribution is 2.18. The van der Waals surface area contributed by atoms with Gasteiger partial charge < -0.3 is 15.5 Å². The standard InChI is InChI=1S/C22H31N5/c1-17-6-8-20(9-7-17)18(2)15-25-22(23-3)26-16-19-10-11-24-21(14-19)27-12-4-5-13-27/h6-11,14,18H,4-5,12-13,15-16H2,1-3H3,(H2,23,25,26). The molecule has 0 saturated carbocycles. The first-order valence-electron chi connectivity index (χ1n) is 9.86. The molecule has 0 bridgehead atoms. The van der Waals surface area contributed by atoms with Gasteiger partial charge in [0.25, 0.3) is 0 Å². The molecule has 2 N–H and O–H groups in total. The van der Waals surface area contributed by atoms with Gasteiger partial charge in [0.05, 0.1) is 0 Å². The highest BCUT2D eigenvalue weighted by atomic mass is 15.2. The average Bonchev–Trinajstić information content (AvgIpc) is 3.23. The summed E-state index contributed by atoms with van der Waals surface area (Å²) in [5.41, 5.74) is 3.86. The number of benzene rings is 1. The molecule has 0 spiro atoms. The number of hydrogen-bond acceptors (Lipinski definition) is 3. The van der Waals surface area contributed by atoms with Gasteiger partial charge >= 0.3 is 0 Å². The fraction of sp³-hybridized carbons (Fsp3) is 0.455. The van der Waals surface area contributed by atoms with Crippen LogP contribution in [0.15, 0.2) is 47.6 Å². The largest absolute Gasteiger partial charge is 0.357 e. The Morgan fingerprint density at radius 1 is 1.15 bits per heavy atom.